The average Bonchev–Trinajstić information content (AvgIpc) is 2.08. The molecule has 100 valence electrons. The Balaban J connectivity index is 4.16. The maximum atomic E-state index is 11.6. The molecule has 0 unspecified atom stereocenters. The monoisotopic (exact) mass is 244 g/mol. The summed E-state index contributed by atoms with van der Waals surface area (Å²) in [7, 11) is 0. The van der Waals surface area contributed by atoms with E-state index in [0.717, 1.165) is 0 Å². The van der Waals surface area contributed by atoms with E-state index in [9.17, 15) is 9.59 Å². The Hall–Kier alpha value is -0.900. The largest absolute Gasteiger partial charge is 0.456 e. The highest BCUT2D eigenvalue weighted by Crippen LogP contribution is 2.15. The van der Waals surface area contributed by atoms with Gasteiger partial charge in [-0.1, -0.05) is 20.8 Å². The molecule has 0 rings (SSSR count). The first-order chi connectivity index (χ1) is 7.43. The number of esters is 1. The molecular weight excluding hydrogens is 220 g/mol. The summed E-state index contributed by atoms with van der Waals surface area (Å²) in [5, 5.41) is 0. The van der Waals surface area contributed by atoms with Crippen molar-refractivity contribution in [3.8, 4) is 0 Å². The molecule has 0 aromatic heterocycles. The van der Waals surface area contributed by atoms with Crippen LogP contribution in [0.25, 0.3) is 0 Å². The van der Waals surface area contributed by atoms with Gasteiger partial charge in [0.15, 0.2) is 18.5 Å². The molecule has 17 heavy (non-hydrogen) atoms. The van der Waals surface area contributed by atoms with E-state index in [0.29, 0.717) is 0 Å². The molecule has 0 amide bonds. The molecule has 0 aliphatic heterocycles. The van der Waals surface area contributed by atoms with Crippen LogP contribution in [0.4, 0.5) is 0 Å². The molecule has 4 heteroatoms. The number of hydrogen-bond acceptors (Lipinski definition) is 4. The first-order valence-corrected chi connectivity index (χ1v) is 5.81. The van der Waals surface area contributed by atoms with Crippen LogP contribution in [0.3, 0.4) is 0 Å². The zero-order valence-electron chi connectivity index (χ0n) is 11.9. The molecule has 4 nitrogen and oxygen atoms in total. The van der Waals surface area contributed by atoms with Gasteiger partial charge in [-0.25, -0.2) is 4.79 Å². The average molecular weight is 244 g/mol. The third-order valence-electron chi connectivity index (χ3n) is 2.04. The maximum absolute atomic E-state index is 11.6. The number of Topliss-reactive ketones (excluding diaryl/α,β-unsaturated/α-hetero) is 1. The van der Waals surface area contributed by atoms with Gasteiger partial charge in [-0.05, 0) is 27.7 Å². The van der Waals surface area contributed by atoms with Crippen molar-refractivity contribution in [1.29, 1.82) is 0 Å². The molecule has 0 heterocycles. The van der Waals surface area contributed by atoms with Crippen LogP contribution in [-0.4, -0.2) is 30.1 Å². The van der Waals surface area contributed by atoms with E-state index in [4.69, 9.17) is 9.47 Å². The lowest BCUT2D eigenvalue weighted by Crippen LogP contribution is -2.34. The molecule has 0 bridgehead atoms. The Morgan fingerprint density at radius 3 is 1.88 bits per heavy atom. The van der Waals surface area contributed by atoms with E-state index in [1.165, 1.54) is 0 Å². The minimum absolute atomic E-state index is 0.103. The summed E-state index contributed by atoms with van der Waals surface area (Å²) in [6.07, 6.45) is -0.664. The summed E-state index contributed by atoms with van der Waals surface area (Å²) in [4.78, 5) is 23.1. The number of ketones is 1. The Kier molecular flexibility index (Phi) is 5.33. The molecule has 0 aliphatic rings. The van der Waals surface area contributed by atoms with Crippen LogP contribution in [-0.2, 0) is 19.1 Å². The predicted octanol–water partition coefficient (Wildman–Crippen LogP) is 2.35. The van der Waals surface area contributed by atoms with Crippen molar-refractivity contribution in [1.82, 2.24) is 0 Å². The topological polar surface area (TPSA) is 52.6 Å². The lowest BCUT2D eigenvalue weighted by molar-refractivity contribution is -0.167. The van der Waals surface area contributed by atoms with Crippen molar-refractivity contribution >= 4 is 11.8 Å². The van der Waals surface area contributed by atoms with Gasteiger partial charge in [0, 0.05) is 5.41 Å². The SMILES string of the molecule is C[C@H](OC(C)(C)C)C(=O)OCC(=O)C(C)(C)C. The molecule has 0 aromatic carbocycles. The summed E-state index contributed by atoms with van der Waals surface area (Å²) >= 11 is 0. The normalized spacial score (nSPS) is 14.3. The van der Waals surface area contributed by atoms with Crippen LogP contribution < -0.4 is 0 Å². The minimum Gasteiger partial charge on any atom is -0.456 e. The standard InChI is InChI=1S/C13H24O4/c1-9(17-13(5,6)7)11(15)16-8-10(14)12(2,3)4/h9H,8H2,1-7H3/t9-/m0/s1. The van der Waals surface area contributed by atoms with Crippen LogP contribution in [0.2, 0.25) is 0 Å². The highest BCUT2D eigenvalue weighted by molar-refractivity contribution is 5.87. The van der Waals surface area contributed by atoms with Crippen molar-refractivity contribution < 1.29 is 19.1 Å². The van der Waals surface area contributed by atoms with Crippen molar-refractivity contribution in [2.45, 2.75) is 60.2 Å². The van der Waals surface area contributed by atoms with Gasteiger partial charge < -0.3 is 9.47 Å². The summed E-state index contributed by atoms with van der Waals surface area (Å²) in [5.74, 6) is -0.605. The number of hydrogen-bond donors (Lipinski definition) is 0. The van der Waals surface area contributed by atoms with Crippen LogP contribution in [0.5, 0.6) is 0 Å². The van der Waals surface area contributed by atoms with Gasteiger partial charge in [-0.2, -0.15) is 0 Å². The second-order valence-corrected chi connectivity index (χ2v) is 6.15. The Morgan fingerprint density at radius 1 is 1.06 bits per heavy atom. The molecule has 0 spiro atoms. The predicted molar refractivity (Wildman–Crippen MR) is 65.7 cm³/mol. The smallest absolute Gasteiger partial charge is 0.335 e. The Labute approximate surface area is 104 Å². The van der Waals surface area contributed by atoms with Crippen molar-refractivity contribution in [2.24, 2.45) is 5.41 Å². The van der Waals surface area contributed by atoms with Gasteiger partial charge >= 0.3 is 5.97 Å². The Morgan fingerprint density at radius 2 is 1.53 bits per heavy atom. The quantitative estimate of drug-likeness (QED) is 0.712. The fourth-order valence-corrected chi connectivity index (χ4v) is 1.05. The molecule has 0 N–H and O–H groups in total. The lowest BCUT2D eigenvalue weighted by Gasteiger charge is -2.24. The van der Waals surface area contributed by atoms with Crippen molar-refractivity contribution in [3.63, 3.8) is 0 Å². The number of carbonyl (C=O) groups excluding carboxylic acids is 2. The van der Waals surface area contributed by atoms with Gasteiger partial charge in [0.05, 0.1) is 5.60 Å². The number of carbonyl (C=O) groups is 2. The molecule has 0 fully saturated rings. The van der Waals surface area contributed by atoms with E-state index < -0.39 is 23.1 Å². The number of ether oxygens (including phenoxy) is 2. The first-order valence-electron chi connectivity index (χ1n) is 5.81. The van der Waals surface area contributed by atoms with Crippen LogP contribution in [0, 0.1) is 5.41 Å². The van der Waals surface area contributed by atoms with E-state index >= 15 is 0 Å². The van der Waals surface area contributed by atoms with Gasteiger partial charge in [0.2, 0.25) is 0 Å². The van der Waals surface area contributed by atoms with Crippen LogP contribution >= 0.6 is 0 Å². The summed E-state index contributed by atoms with van der Waals surface area (Å²) < 4.78 is 10.4. The van der Waals surface area contributed by atoms with Gasteiger partial charge in [-0.3, -0.25) is 4.79 Å². The molecule has 1 atom stereocenters. The molecular formula is C13H24O4. The minimum atomic E-state index is -0.664. The third kappa shape index (κ3) is 7.10. The van der Waals surface area contributed by atoms with Gasteiger partial charge in [0.25, 0.3) is 0 Å². The van der Waals surface area contributed by atoms with Crippen molar-refractivity contribution in [3.05, 3.63) is 0 Å². The maximum Gasteiger partial charge on any atom is 0.335 e. The molecule has 0 saturated carbocycles. The first kappa shape index (κ1) is 16.1. The van der Waals surface area contributed by atoms with E-state index in [1.807, 2.05) is 20.8 Å². The fourth-order valence-electron chi connectivity index (χ4n) is 1.05. The Bertz CT molecular complexity index is 281. The zero-order chi connectivity index (χ0) is 13.9. The van der Waals surface area contributed by atoms with Gasteiger partial charge in [0.1, 0.15) is 0 Å². The highest BCUT2D eigenvalue weighted by Gasteiger charge is 2.26. The van der Waals surface area contributed by atoms with Crippen LogP contribution in [0.15, 0.2) is 0 Å². The molecule has 0 aromatic rings. The zero-order valence-corrected chi connectivity index (χ0v) is 11.9. The second-order valence-electron chi connectivity index (χ2n) is 6.15. The molecule has 0 radical (unpaired) electrons. The third-order valence-corrected chi connectivity index (χ3v) is 2.04. The van der Waals surface area contributed by atoms with E-state index in [1.54, 1.807) is 27.7 Å². The summed E-state index contributed by atoms with van der Waals surface area (Å²) in [6, 6.07) is 0. The number of rotatable bonds is 4. The highest BCUT2D eigenvalue weighted by atomic mass is 16.6. The van der Waals surface area contributed by atoms with Crippen molar-refractivity contribution in [2.75, 3.05) is 6.61 Å². The lowest BCUT2D eigenvalue weighted by atomic mass is 9.91. The summed E-state index contributed by atoms with van der Waals surface area (Å²) in [6.45, 7) is 12.4. The van der Waals surface area contributed by atoms with Gasteiger partial charge in [-0.15, -0.1) is 0 Å². The van der Waals surface area contributed by atoms with E-state index in [2.05, 4.69) is 0 Å². The molecule has 0 aliphatic carbocycles. The van der Waals surface area contributed by atoms with Crippen LogP contribution in [0.1, 0.15) is 48.5 Å². The van der Waals surface area contributed by atoms with E-state index in [-0.39, 0.29) is 12.4 Å². The summed E-state index contributed by atoms with van der Waals surface area (Å²) in [5.41, 5.74) is -0.902. The second kappa shape index (κ2) is 5.63. The molecule has 0 saturated heterocycles. The fraction of sp³-hybridized carbons (Fsp3) is 0.846.